The van der Waals surface area contributed by atoms with Gasteiger partial charge >= 0.3 is 5.97 Å². The summed E-state index contributed by atoms with van der Waals surface area (Å²) in [4.78, 5) is 22.6. The zero-order valence-electron chi connectivity index (χ0n) is 9.01. The van der Waals surface area contributed by atoms with Crippen LogP contribution in [0.1, 0.15) is 10.4 Å². The fraction of sp³-hybridized carbons (Fsp3) is 0. The van der Waals surface area contributed by atoms with Crippen LogP contribution in [0.2, 0.25) is 0 Å². The number of fused-ring (bicyclic) bond motifs is 1. The van der Waals surface area contributed by atoms with Gasteiger partial charge in [0.25, 0.3) is 0 Å². The van der Waals surface area contributed by atoms with Crippen LogP contribution in [0.5, 0.6) is 0 Å². The van der Waals surface area contributed by atoms with Crippen molar-refractivity contribution in [2.75, 3.05) is 0 Å². The molecular weight excluding hydrogens is 216 g/mol. The summed E-state index contributed by atoms with van der Waals surface area (Å²) in [5.74, 6) is -1.84. The maximum atomic E-state index is 11.9. The first-order valence-corrected chi connectivity index (χ1v) is 5.06. The molecule has 0 unspecified atom stereocenters. The van der Waals surface area contributed by atoms with Crippen LogP contribution in [0.4, 0.5) is 0 Å². The lowest BCUT2D eigenvalue weighted by molar-refractivity contribution is -0.132. The number of rotatable bonds is 3. The van der Waals surface area contributed by atoms with Crippen molar-refractivity contribution in [2.24, 2.45) is 0 Å². The minimum atomic E-state index is -1.29. The van der Waals surface area contributed by atoms with Gasteiger partial charge in [-0.05, 0) is 10.8 Å². The minimum Gasteiger partial charge on any atom is -0.478 e. The Morgan fingerprint density at radius 2 is 1.65 bits per heavy atom. The van der Waals surface area contributed by atoms with E-state index in [-0.39, 0.29) is 0 Å². The molecule has 0 aliphatic carbocycles. The van der Waals surface area contributed by atoms with Gasteiger partial charge in [0.05, 0.1) is 0 Å². The monoisotopic (exact) mass is 226 g/mol. The third-order valence-electron chi connectivity index (χ3n) is 2.57. The summed E-state index contributed by atoms with van der Waals surface area (Å²) in [6, 6.07) is 12.5. The fourth-order valence-electron chi connectivity index (χ4n) is 1.68. The number of benzene rings is 2. The lowest BCUT2D eigenvalue weighted by atomic mass is 9.98. The molecule has 3 nitrogen and oxygen atoms in total. The number of carbonyl (C=O) groups is 2. The molecule has 2 aromatic rings. The Morgan fingerprint density at radius 1 is 1.00 bits per heavy atom. The van der Waals surface area contributed by atoms with Crippen LogP contribution in [-0.4, -0.2) is 16.9 Å². The number of carboxylic acids is 1. The van der Waals surface area contributed by atoms with Gasteiger partial charge in [-0.1, -0.05) is 49.0 Å². The van der Waals surface area contributed by atoms with Crippen LogP contribution in [0, 0.1) is 0 Å². The van der Waals surface area contributed by atoms with E-state index in [9.17, 15) is 9.59 Å². The Bertz CT molecular complexity index is 621. The van der Waals surface area contributed by atoms with E-state index in [1.807, 2.05) is 24.3 Å². The maximum absolute atomic E-state index is 11.9. The van der Waals surface area contributed by atoms with Crippen molar-refractivity contribution >= 4 is 22.5 Å². The van der Waals surface area contributed by atoms with E-state index in [0.717, 1.165) is 10.8 Å². The van der Waals surface area contributed by atoms with Gasteiger partial charge in [-0.2, -0.15) is 0 Å². The Labute approximate surface area is 98.0 Å². The molecule has 0 aromatic heterocycles. The second-order valence-electron chi connectivity index (χ2n) is 3.64. The Kier molecular flexibility index (Phi) is 2.75. The molecule has 84 valence electrons. The maximum Gasteiger partial charge on any atom is 0.339 e. The highest BCUT2D eigenvalue weighted by Gasteiger charge is 2.18. The highest BCUT2D eigenvalue weighted by Crippen LogP contribution is 2.20. The molecule has 0 spiro atoms. The molecule has 3 heteroatoms. The molecule has 2 rings (SSSR count). The van der Waals surface area contributed by atoms with Gasteiger partial charge in [0.15, 0.2) is 5.78 Å². The molecule has 17 heavy (non-hydrogen) atoms. The van der Waals surface area contributed by atoms with Gasteiger partial charge in [0.2, 0.25) is 0 Å². The SMILES string of the molecule is C=C(C(=O)O)C(=O)c1cccc2ccccc12. The number of ketones is 1. The number of Topliss-reactive ketones (excluding diaryl/α,β-unsaturated/α-hetero) is 1. The van der Waals surface area contributed by atoms with E-state index in [2.05, 4.69) is 6.58 Å². The molecule has 0 heterocycles. The summed E-state index contributed by atoms with van der Waals surface area (Å²) in [5, 5.41) is 10.4. The van der Waals surface area contributed by atoms with E-state index in [0.29, 0.717) is 5.56 Å². The zero-order chi connectivity index (χ0) is 12.4. The number of aliphatic carboxylic acids is 1. The van der Waals surface area contributed by atoms with Crippen LogP contribution in [0.3, 0.4) is 0 Å². The van der Waals surface area contributed by atoms with Gasteiger partial charge in [-0.15, -0.1) is 0 Å². The molecule has 0 bridgehead atoms. The van der Waals surface area contributed by atoms with Crippen LogP contribution in [-0.2, 0) is 4.79 Å². The molecular formula is C14H10O3. The first-order chi connectivity index (χ1) is 8.11. The zero-order valence-corrected chi connectivity index (χ0v) is 9.01. The quantitative estimate of drug-likeness (QED) is 0.379. The van der Waals surface area contributed by atoms with Gasteiger partial charge in [0, 0.05) is 5.56 Å². The summed E-state index contributed by atoms with van der Waals surface area (Å²) >= 11 is 0. The molecule has 0 amide bonds. The van der Waals surface area contributed by atoms with Crippen LogP contribution in [0.25, 0.3) is 10.8 Å². The number of hydrogen-bond donors (Lipinski definition) is 1. The van der Waals surface area contributed by atoms with Crippen molar-refractivity contribution in [1.82, 2.24) is 0 Å². The predicted octanol–water partition coefficient (Wildman–Crippen LogP) is 2.66. The lowest BCUT2D eigenvalue weighted by Gasteiger charge is -2.05. The minimum absolute atomic E-state index is 0.371. The van der Waals surface area contributed by atoms with Crippen molar-refractivity contribution in [1.29, 1.82) is 0 Å². The molecule has 0 atom stereocenters. The third kappa shape index (κ3) is 1.95. The predicted molar refractivity (Wildman–Crippen MR) is 65.1 cm³/mol. The summed E-state index contributed by atoms with van der Waals surface area (Å²) in [7, 11) is 0. The average Bonchev–Trinajstić information content (AvgIpc) is 2.36. The van der Waals surface area contributed by atoms with Gasteiger partial charge in [0.1, 0.15) is 5.57 Å². The summed E-state index contributed by atoms with van der Waals surface area (Å²) in [5.41, 5.74) is -0.0446. The Morgan fingerprint density at radius 3 is 2.35 bits per heavy atom. The lowest BCUT2D eigenvalue weighted by Crippen LogP contribution is -2.11. The van der Waals surface area contributed by atoms with Crippen LogP contribution in [0.15, 0.2) is 54.6 Å². The van der Waals surface area contributed by atoms with E-state index >= 15 is 0 Å². The van der Waals surface area contributed by atoms with Crippen LogP contribution >= 0.6 is 0 Å². The van der Waals surface area contributed by atoms with Gasteiger partial charge < -0.3 is 5.11 Å². The average molecular weight is 226 g/mol. The van der Waals surface area contributed by atoms with Crippen molar-refractivity contribution in [3.05, 3.63) is 60.2 Å². The summed E-state index contributed by atoms with van der Waals surface area (Å²) in [6.07, 6.45) is 0. The number of hydrogen-bond acceptors (Lipinski definition) is 2. The summed E-state index contributed by atoms with van der Waals surface area (Å²) < 4.78 is 0. The fourth-order valence-corrected chi connectivity index (χ4v) is 1.68. The largest absolute Gasteiger partial charge is 0.478 e. The van der Waals surface area contributed by atoms with Crippen molar-refractivity contribution in [2.45, 2.75) is 0 Å². The topological polar surface area (TPSA) is 54.4 Å². The van der Waals surface area contributed by atoms with Crippen molar-refractivity contribution < 1.29 is 14.7 Å². The van der Waals surface area contributed by atoms with Crippen molar-refractivity contribution in [3.8, 4) is 0 Å². The first-order valence-electron chi connectivity index (χ1n) is 5.06. The second-order valence-corrected chi connectivity index (χ2v) is 3.64. The highest BCUT2D eigenvalue weighted by molar-refractivity contribution is 6.26. The van der Waals surface area contributed by atoms with E-state index < -0.39 is 17.3 Å². The Balaban J connectivity index is 2.60. The van der Waals surface area contributed by atoms with Crippen LogP contribution < -0.4 is 0 Å². The molecule has 0 radical (unpaired) electrons. The smallest absolute Gasteiger partial charge is 0.339 e. The molecule has 2 aromatic carbocycles. The van der Waals surface area contributed by atoms with E-state index in [1.165, 1.54) is 0 Å². The standard InChI is InChI=1S/C14H10O3/c1-9(14(16)17)13(15)12-8-4-6-10-5-2-3-7-11(10)12/h2-8H,1H2,(H,16,17). The highest BCUT2D eigenvalue weighted by atomic mass is 16.4. The van der Waals surface area contributed by atoms with E-state index in [4.69, 9.17) is 5.11 Å². The number of carboxylic acid groups (broad SMARTS) is 1. The number of carbonyl (C=O) groups excluding carboxylic acids is 1. The molecule has 0 aliphatic heterocycles. The third-order valence-corrected chi connectivity index (χ3v) is 2.57. The van der Waals surface area contributed by atoms with Crippen molar-refractivity contribution in [3.63, 3.8) is 0 Å². The first kappa shape index (κ1) is 11.1. The summed E-state index contributed by atoms with van der Waals surface area (Å²) in [6.45, 7) is 3.29. The molecule has 1 N–H and O–H groups in total. The normalized spacial score (nSPS) is 10.1. The Hall–Kier alpha value is -2.42. The molecule has 0 saturated carbocycles. The molecule has 0 aliphatic rings. The van der Waals surface area contributed by atoms with Gasteiger partial charge in [-0.25, -0.2) is 4.79 Å². The van der Waals surface area contributed by atoms with Gasteiger partial charge in [-0.3, -0.25) is 4.79 Å². The van der Waals surface area contributed by atoms with E-state index in [1.54, 1.807) is 18.2 Å². The molecule has 0 fully saturated rings. The second kappa shape index (κ2) is 4.22. The molecule has 0 saturated heterocycles.